The second-order valence-corrected chi connectivity index (χ2v) is 13.9. The van der Waals surface area contributed by atoms with Gasteiger partial charge in [-0.2, -0.15) is 0 Å². The van der Waals surface area contributed by atoms with Crippen molar-refractivity contribution >= 4 is 34.8 Å². The van der Waals surface area contributed by atoms with Crippen LogP contribution in [0.2, 0.25) is 0 Å². The Morgan fingerprint density at radius 2 is 1.85 bits per heavy atom. The van der Waals surface area contributed by atoms with Crippen molar-refractivity contribution in [3.05, 3.63) is 95.6 Å². The summed E-state index contributed by atoms with van der Waals surface area (Å²) in [7, 11) is 0. The summed E-state index contributed by atoms with van der Waals surface area (Å²) in [5.74, 6) is -0.463. The molecule has 3 aliphatic rings. The monoisotopic (exact) mass is 710 g/mol. The van der Waals surface area contributed by atoms with Crippen molar-refractivity contribution in [2.45, 2.75) is 76.6 Å². The van der Waals surface area contributed by atoms with Gasteiger partial charge in [0.1, 0.15) is 5.75 Å². The number of unbranched alkanes of at least 4 members (excludes halogenated alkanes) is 1. The SMILES string of the molecule is CCOc1ccc2c(c1)CC(NCCCCO)C(=O)N2c1ccc(CN2C(=O)[C@@](O)([C@@H](C)/C=C/CC(=O)N3CCC[C@H]3CO)c3ccccc32)cc1. The largest absolute Gasteiger partial charge is 0.494 e. The van der Waals surface area contributed by atoms with Gasteiger partial charge in [-0.3, -0.25) is 19.3 Å². The number of rotatable bonds is 15. The Morgan fingerprint density at radius 1 is 1.06 bits per heavy atom. The van der Waals surface area contributed by atoms with E-state index in [9.17, 15) is 29.7 Å². The smallest absolute Gasteiger partial charge is 0.264 e. The van der Waals surface area contributed by atoms with Gasteiger partial charge in [0, 0.05) is 36.7 Å². The van der Waals surface area contributed by atoms with Gasteiger partial charge in [0.2, 0.25) is 11.8 Å². The third-order valence-corrected chi connectivity index (χ3v) is 10.5. The van der Waals surface area contributed by atoms with Crippen molar-refractivity contribution in [2.75, 3.05) is 42.7 Å². The number of ether oxygens (including phenoxy) is 1. The predicted octanol–water partition coefficient (Wildman–Crippen LogP) is 4.34. The molecule has 4 N–H and O–H groups in total. The standard InChI is InChI=1S/C41H50N4O7/c1-3-52-33-19-20-36-30(24-33)25-35(42-21-6-7-23-46)39(49)45(36)31-17-15-29(16-18-31)26-44-37-13-5-4-12-34(37)41(51,40(44)50)28(2)10-8-14-38(48)43-22-9-11-32(43)27-47/h4-5,8,10,12-13,15-20,24,28,32,35,42,46-47,51H,3,6-7,9,11,14,21-23,25-27H2,1-2H3/b10-8+/t28-,32-,35?,41+/m0/s1. The fourth-order valence-corrected chi connectivity index (χ4v) is 7.70. The Morgan fingerprint density at radius 3 is 2.60 bits per heavy atom. The highest BCUT2D eigenvalue weighted by Crippen LogP contribution is 2.46. The highest BCUT2D eigenvalue weighted by atomic mass is 16.5. The summed E-state index contributed by atoms with van der Waals surface area (Å²) in [5, 5.41) is 34.2. The number of aliphatic hydroxyl groups excluding tert-OH is 2. The van der Waals surface area contributed by atoms with Crippen molar-refractivity contribution < 1.29 is 34.4 Å². The first-order valence-corrected chi connectivity index (χ1v) is 18.4. The van der Waals surface area contributed by atoms with Gasteiger partial charge in [-0.05, 0) is 93.1 Å². The summed E-state index contributed by atoms with van der Waals surface area (Å²) in [6, 6.07) is 20.0. The van der Waals surface area contributed by atoms with Crippen molar-refractivity contribution in [2.24, 2.45) is 5.92 Å². The average Bonchev–Trinajstić information content (AvgIpc) is 3.72. The molecule has 3 amide bonds. The zero-order chi connectivity index (χ0) is 36.8. The molecule has 6 rings (SSSR count). The molecule has 4 atom stereocenters. The number of hydrogen-bond acceptors (Lipinski definition) is 8. The molecule has 0 spiro atoms. The summed E-state index contributed by atoms with van der Waals surface area (Å²) in [5.41, 5.74) is 2.62. The van der Waals surface area contributed by atoms with Crippen LogP contribution in [0.4, 0.5) is 17.1 Å². The number of nitrogens with one attached hydrogen (secondary N) is 1. The molecule has 0 bridgehead atoms. The second-order valence-electron chi connectivity index (χ2n) is 13.9. The molecule has 3 aromatic carbocycles. The van der Waals surface area contributed by atoms with Gasteiger partial charge in [-0.25, -0.2) is 0 Å². The van der Waals surface area contributed by atoms with Crippen LogP contribution >= 0.6 is 0 Å². The Hall–Kier alpha value is -4.55. The number of amides is 3. The Kier molecular flexibility index (Phi) is 11.7. The van der Waals surface area contributed by atoms with E-state index in [1.807, 2.05) is 61.5 Å². The van der Waals surface area contributed by atoms with Gasteiger partial charge in [0.25, 0.3) is 5.91 Å². The van der Waals surface area contributed by atoms with Crippen LogP contribution in [-0.4, -0.2) is 82.9 Å². The van der Waals surface area contributed by atoms with Crippen LogP contribution < -0.4 is 19.9 Å². The first kappa shape index (κ1) is 37.2. The van der Waals surface area contributed by atoms with E-state index in [2.05, 4.69) is 5.32 Å². The number of benzene rings is 3. The molecule has 1 saturated heterocycles. The molecular weight excluding hydrogens is 660 g/mol. The van der Waals surface area contributed by atoms with Gasteiger partial charge in [-0.15, -0.1) is 0 Å². The van der Waals surface area contributed by atoms with Gasteiger partial charge in [-0.1, -0.05) is 49.4 Å². The molecule has 3 aromatic rings. The number of anilines is 3. The third kappa shape index (κ3) is 7.36. The summed E-state index contributed by atoms with van der Waals surface area (Å²) < 4.78 is 5.76. The second kappa shape index (κ2) is 16.4. The molecule has 1 fully saturated rings. The quantitative estimate of drug-likeness (QED) is 0.135. The highest BCUT2D eigenvalue weighted by Gasteiger charge is 2.52. The number of hydrogen-bond donors (Lipinski definition) is 4. The number of aliphatic hydroxyl groups is 3. The highest BCUT2D eigenvalue weighted by molar-refractivity contribution is 6.08. The predicted molar refractivity (Wildman–Crippen MR) is 199 cm³/mol. The number of nitrogens with zero attached hydrogens (tertiary/aromatic N) is 3. The number of carbonyl (C=O) groups excluding carboxylic acids is 3. The van der Waals surface area contributed by atoms with Gasteiger partial charge in [0.15, 0.2) is 5.60 Å². The van der Waals surface area contributed by atoms with E-state index >= 15 is 0 Å². The van der Waals surface area contributed by atoms with Crippen LogP contribution in [0.3, 0.4) is 0 Å². The zero-order valence-corrected chi connectivity index (χ0v) is 30.0. The van der Waals surface area contributed by atoms with E-state index in [1.54, 1.807) is 45.9 Å². The zero-order valence-electron chi connectivity index (χ0n) is 30.0. The molecule has 0 saturated carbocycles. The summed E-state index contributed by atoms with van der Waals surface area (Å²) in [6.45, 7) is 5.75. The van der Waals surface area contributed by atoms with Crippen molar-refractivity contribution in [3.63, 3.8) is 0 Å². The summed E-state index contributed by atoms with van der Waals surface area (Å²) >= 11 is 0. The van der Waals surface area contributed by atoms with Crippen LogP contribution in [0, 0.1) is 5.92 Å². The first-order valence-electron chi connectivity index (χ1n) is 18.4. The van der Waals surface area contributed by atoms with Crippen molar-refractivity contribution in [1.82, 2.24) is 10.2 Å². The molecule has 52 heavy (non-hydrogen) atoms. The normalized spacial score (nSPS) is 21.9. The van der Waals surface area contributed by atoms with Crippen LogP contribution in [0.5, 0.6) is 5.75 Å². The Balaban J connectivity index is 1.20. The first-order chi connectivity index (χ1) is 25.2. The number of para-hydroxylation sites is 1. The van der Waals surface area contributed by atoms with E-state index in [4.69, 9.17) is 4.74 Å². The molecule has 276 valence electrons. The topological polar surface area (TPSA) is 143 Å². The lowest BCUT2D eigenvalue weighted by Crippen LogP contribution is -2.49. The van der Waals surface area contributed by atoms with E-state index in [-0.39, 0.29) is 44.0 Å². The summed E-state index contributed by atoms with van der Waals surface area (Å²) in [6.07, 6.45) is 7.16. The maximum Gasteiger partial charge on any atom is 0.264 e. The number of likely N-dealkylation sites (tertiary alicyclic amines) is 1. The number of fused-ring (bicyclic) bond motifs is 2. The number of carbonyl (C=O) groups is 3. The Bertz CT molecular complexity index is 1780. The van der Waals surface area contributed by atoms with E-state index in [0.29, 0.717) is 49.5 Å². The van der Waals surface area contributed by atoms with Gasteiger partial charge in [0.05, 0.1) is 43.2 Å². The minimum absolute atomic E-state index is 0.0554. The Labute approximate surface area is 305 Å². The van der Waals surface area contributed by atoms with Crippen LogP contribution in [0.15, 0.2) is 78.9 Å². The fourth-order valence-electron chi connectivity index (χ4n) is 7.70. The van der Waals surface area contributed by atoms with E-state index in [1.165, 1.54) is 0 Å². The molecule has 1 unspecified atom stereocenters. The van der Waals surface area contributed by atoms with Gasteiger partial charge >= 0.3 is 0 Å². The molecule has 0 aliphatic carbocycles. The molecule has 11 heteroatoms. The van der Waals surface area contributed by atoms with Crippen molar-refractivity contribution in [1.29, 1.82) is 0 Å². The molecule has 11 nitrogen and oxygen atoms in total. The average molecular weight is 711 g/mol. The molecule has 3 aliphatic heterocycles. The minimum atomic E-state index is -1.82. The maximum atomic E-state index is 14.1. The maximum absolute atomic E-state index is 14.1. The minimum Gasteiger partial charge on any atom is -0.494 e. The van der Waals surface area contributed by atoms with Crippen LogP contribution in [-0.2, 0) is 33.0 Å². The lowest BCUT2D eigenvalue weighted by atomic mass is 9.83. The van der Waals surface area contributed by atoms with E-state index in [0.717, 1.165) is 41.8 Å². The van der Waals surface area contributed by atoms with E-state index < -0.39 is 23.5 Å². The molecule has 0 radical (unpaired) electrons. The lowest BCUT2D eigenvalue weighted by molar-refractivity contribution is -0.139. The molecular formula is C41H50N4O7. The lowest BCUT2D eigenvalue weighted by Gasteiger charge is -2.35. The van der Waals surface area contributed by atoms with Gasteiger partial charge < -0.3 is 35.2 Å². The molecule has 0 aromatic heterocycles. The molecule has 3 heterocycles. The van der Waals surface area contributed by atoms with Crippen molar-refractivity contribution in [3.8, 4) is 5.75 Å². The third-order valence-electron chi connectivity index (χ3n) is 10.5. The van der Waals surface area contributed by atoms with Crippen LogP contribution in [0.25, 0.3) is 0 Å². The fraction of sp³-hybridized carbons (Fsp3) is 0.439. The summed E-state index contributed by atoms with van der Waals surface area (Å²) in [4.78, 5) is 45.9. The van der Waals surface area contributed by atoms with Crippen LogP contribution in [0.1, 0.15) is 62.6 Å².